The molecule has 0 radical (unpaired) electrons. The molecule has 0 spiro atoms. The molecule has 0 aliphatic carbocycles. The number of anilines is 2. The first-order valence-corrected chi connectivity index (χ1v) is 11.5. The number of benzene rings is 1. The van der Waals surface area contributed by atoms with Gasteiger partial charge in [-0.1, -0.05) is 15.9 Å². The predicted molar refractivity (Wildman–Crippen MR) is 112 cm³/mol. The number of sulfonamides is 1. The van der Waals surface area contributed by atoms with Gasteiger partial charge >= 0.3 is 0 Å². The molecular weight excluding hydrogens is 446 g/mol. The van der Waals surface area contributed by atoms with Crippen molar-refractivity contribution in [2.24, 2.45) is 0 Å². The van der Waals surface area contributed by atoms with E-state index in [1.807, 2.05) is 13.0 Å². The number of hydrogen-bond donors (Lipinski definition) is 2. The molecule has 28 heavy (non-hydrogen) atoms. The minimum absolute atomic E-state index is 0.111. The smallest absolute Gasteiger partial charge is 0.244 e. The Morgan fingerprint density at radius 2 is 2.00 bits per heavy atom. The van der Waals surface area contributed by atoms with E-state index in [1.165, 1.54) is 18.9 Å². The van der Waals surface area contributed by atoms with E-state index in [1.54, 1.807) is 18.3 Å². The largest absolute Gasteiger partial charge is 0.492 e. The average Bonchev–Trinajstić information content (AvgIpc) is 3.22. The van der Waals surface area contributed by atoms with Crippen LogP contribution in [0, 0.1) is 0 Å². The van der Waals surface area contributed by atoms with Crippen LogP contribution in [0.1, 0.15) is 19.8 Å². The van der Waals surface area contributed by atoms with E-state index in [-0.39, 0.29) is 11.4 Å². The van der Waals surface area contributed by atoms with Crippen LogP contribution in [0.3, 0.4) is 0 Å². The molecule has 3 rings (SSSR count). The molecule has 0 unspecified atom stereocenters. The molecular formula is C18H24BrN5O3S. The van der Waals surface area contributed by atoms with Gasteiger partial charge in [0.05, 0.1) is 18.5 Å². The molecule has 1 aliphatic heterocycles. The van der Waals surface area contributed by atoms with Crippen LogP contribution in [-0.4, -0.2) is 51.4 Å². The van der Waals surface area contributed by atoms with Gasteiger partial charge in [-0.15, -0.1) is 5.10 Å². The first-order valence-electron chi connectivity index (χ1n) is 9.23. The first kappa shape index (κ1) is 20.8. The molecule has 2 heterocycles. The lowest BCUT2D eigenvalue weighted by Crippen LogP contribution is -2.29. The van der Waals surface area contributed by atoms with E-state index in [4.69, 9.17) is 4.74 Å². The molecule has 1 aromatic carbocycles. The fourth-order valence-corrected chi connectivity index (χ4v) is 4.72. The summed E-state index contributed by atoms with van der Waals surface area (Å²) in [4.78, 5) is 2.38. The lowest BCUT2D eigenvalue weighted by molar-refractivity contribution is 0.331. The Bertz CT molecular complexity index is 904. The molecule has 2 N–H and O–H groups in total. The quantitative estimate of drug-likeness (QED) is 0.544. The molecule has 152 valence electrons. The molecule has 8 nitrogen and oxygen atoms in total. The Labute approximate surface area is 173 Å². The van der Waals surface area contributed by atoms with Gasteiger partial charge in [-0.2, -0.15) is 5.10 Å². The maximum Gasteiger partial charge on any atom is 0.244 e. The van der Waals surface area contributed by atoms with Crippen molar-refractivity contribution in [3.05, 3.63) is 34.9 Å². The Kier molecular flexibility index (Phi) is 7.08. The summed E-state index contributed by atoms with van der Waals surface area (Å²) in [5.74, 6) is 0.955. The number of nitrogens with zero attached hydrogens (tertiary/aromatic N) is 3. The lowest BCUT2D eigenvalue weighted by atomic mass is 10.3. The van der Waals surface area contributed by atoms with Gasteiger partial charge in [0.25, 0.3) is 0 Å². The van der Waals surface area contributed by atoms with Crippen molar-refractivity contribution in [1.82, 2.24) is 14.9 Å². The number of nitrogens with one attached hydrogen (secondary N) is 2. The third kappa shape index (κ3) is 5.33. The third-order valence-electron chi connectivity index (χ3n) is 4.33. The second kappa shape index (κ2) is 9.53. The summed E-state index contributed by atoms with van der Waals surface area (Å²) in [5, 5.41) is 11.2. The Morgan fingerprint density at radius 1 is 1.21 bits per heavy atom. The molecule has 0 saturated carbocycles. The monoisotopic (exact) mass is 469 g/mol. The molecule has 1 aromatic heterocycles. The number of hydrogen-bond acceptors (Lipinski definition) is 7. The number of aromatic nitrogens is 2. The molecule has 0 amide bonds. The van der Waals surface area contributed by atoms with Crippen LogP contribution in [0.4, 0.5) is 11.5 Å². The maximum absolute atomic E-state index is 12.6. The third-order valence-corrected chi connectivity index (χ3v) is 6.31. The fraction of sp³-hybridized carbons (Fsp3) is 0.444. The zero-order valence-electron chi connectivity index (χ0n) is 15.7. The molecule has 1 aliphatic rings. The lowest BCUT2D eigenvalue weighted by Gasteiger charge is -2.17. The van der Waals surface area contributed by atoms with Gasteiger partial charge in [-0.3, -0.25) is 0 Å². The summed E-state index contributed by atoms with van der Waals surface area (Å²) in [5.41, 5.74) is 1.03. The van der Waals surface area contributed by atoms with Crippen LogP contribution in [0.2, 0.25) is 0 Å². The highest BCUT2D eigenvalue weighted by molar-refractivity contribution is 9.10. The number of rotatable bonds is 9. The molecule has 10 heteroatoms. The minimum Gasteiger partial charge on any atom is -0.492 e. The highest BCUT2D eigenvalue weighted by Gasteiger charge is 2.20. The zero-order valence-corrected chi connectivity index (χ0v) is 18.1. The van der Waals surface area contributed by atoms with Gasteiger partial charge in [0.15, 0.2) is 5.82 Å². The van der Waals surface area contributed by atoms with E-state index >= 15 is 0 Å². The first-order chi connectivity index (χ1) is 13.5. The van der Waals surface area contributed by atoms with Crippen molar-refractivity contribution in [1.29, 1.82) is 0 Å². The zero-order chi connectivity index (χ0) is 20.0. The van der Waals surface area contributed by atoms with Gasteiger partial charge in [0, 0.05) is 36.7 Å². The van der Waals surface area contributed by atoms with Crippen molar-refractivity contribution in [2.45, 2.75) is 24.7 Å². The average molecular weight is 470 g/mol. The predicted octanol–water partition coefficient (Wildman–Crippen LogP) is 2.63. The van der Waals surface area contributed by atoms with Crippen LogP contribution >= 0.6 is 15.9 Å². The summed E-state index contributed by atoms with van der Waals surface area (Å²) in [7, 11) is -3.70. The van der Waals surface area contributed by atoms with Crippen molar-refractivity contribution < 1.29 is 13.2 Å². The second-order valence-corrected chi connectivity index (χ2v) is 8.99. The topological polar surface area (TPSA) is 96.5 Å². The van der Waals surface area contributed by atoms with Crippen LogP contribution in [-0.2, 0) is 10.0 Å². The normalized spacial score (nSPS) is 14.3. The SMILES string of the molecule is CCOc1ccc(Br)cc1S(=O)(=O)NCCNc1cc(N2CCCC2)cnn1. The molecule has 0 bridgehead atoms. The minimum atomic E-state index is -3.70. The van der Waals surface area contributed by atoms with Crippen molar-refractivity contribution in [3.63, 3.8) is 0 Å². The van der Waals surface area contributed by atoms with E-state index in [2.05, 4.69) is 41.1 Å². The van der Waals surface area contributed by atoms with Gasteiger partial charge in [0.1, 0.15) is 10.6 Å². The maximum atomic E-state index is 12.6. The van der Waals surface area contributed by atoms with E-state index in [0.29, 0.717) is 29.2 Å². The van der Waals surface area contributed by atoms with E-state index < -0.39 is 10.0 Å². The van der Waals surface area contributed by atoms with Crippen molar-refractivity contribution >= 4 is 37.5 Å². The number of ether oxygens (including phenoxy) is 1. The number of halogens is 1. The van der Waals surface area contributed by atoms with Gasteiger partial charge in [-0.05, 0) is 38.0 Å². The van der Waals surface area contributed by atoms with Crippen molar-refractivity contribution in [3.8, 4) is 5.75 Å². The summed E-state index contributed by atoms with van der Waals surface area (Å²) < 4.78 is 34.0. The van der Waals surface area contributed by atoms with E-state index in [9.17, 15) is 8.42 Å². The fourth-order valence-electron chi connectivity index (χ4n) is 3.01. The summed E-state index contributed by atoms with van der Waals surface area (Å²) >= 11 is 3.31. The summed E-state index contributed by atoms with van der Waals surface area (Å²) in [6.45, 7) is 4.84. The van der Waals surface area contributed by atoms with Gasteiger partial charge in [-0.25, -0.2) is 13.1 Å². The molecule has 1 saturated heterocycles. The van der Waals surface area contributed by atoms with E-state index in [0.717, 1.165) is 18.8 Å². The highest BCUT2D eigenvalue weighted by atomic mass is 79.9. The Hall–Kier alpha value is -1.91. The van der Waals surface area contributed by atoms with Crippen LogP contribution in [0.25, 0.3) is 0 Å². The standard InChI is InChI=1S/C18H24BrN5O3S/c1-2-27-16-6-5-14(19)11-17(16)28(25,26)22-8-7-20-18-12-15(13-21-23-18)24-9-3-4-10-24/h5-6,11-13,22H,2-4,7-10H2,1H3,(H,20,23). The highest BCUT2D eigenvalue weighted by Crippen LogP contribution is 2.27. The molecule has 0 atom stereocenters. The molecule has 2 aromatic rings. The Balaban J connectivity index is 1.58. The van der Waals surface area contributed by atoms with Crippen molar-refractivity contribution in [2.75, 3.05) is 43.0 Å². The Morgan fingerprint density at radius 3 is 2.75 bits per heavy atom. The van der Waals surface area contributed by atoms with Gasteiger partial charge in [0.2, 0.25) is 10.0 Å². The summed E-state index contributed by atoms with van der Waals surface area (Å²) in [6, 6.07) is 6.86. The van der Waals surface area contributed by atoms with Crippen LogP contribution in [0.15, 0.2) is 39.8 Å². The molecule has 1 fully saturated rings. The van der Waals surface area contributed by atoms with Crippen LogP contribution < -0.4 is 19.7 Å². The van der Waals surface area contributed by atoms with Crippen LogP contribution in [0.5, 0.6) is 5.75 Å². The summed E-state index contributed by atoms with van der Waals surface area (Å²) in [6.07, 6.45) is 4.13. The van der Waals surface area contributed by atoms with Gasteiger partial charge < -0.3 is 15.0 Å². The second-order valence-electron chi connectivity index (χ2n) is 6.34.